The van der Waals surface area contributed by atoms with Crippen molar-refractivity contribution in [1.29, 1.82) is 0 Å². The van der Waals surface area contributed by atoms with Gasteiger partial charge in [-0.1, -0.05) is 17.7 Å². The monoisotopic (exact) mass is 196 g/mol. The van der Waals surface area contributed by atoms with E-state index in [0.29, 0.717) is 0 Å². The zero-order valence-corrected chi connectivity index (χ0v) is 8.14. The number of nitrogens with two attached hydrogens (primary N) is 1. The summed E-state index contributed by atoms with van der Waals surface area (Å²) in [5.74, 6) is 0. The molecule has 1 aliphatic rings. The molecule has 1 atom stereocenters. The van der Waals surface area contributed by atoms with Gasteiger partial charge in [0.1, 0.15) is 0 Å². The van der Waals surface area contributed by atoms with Crippen molar-refractivity contribution in [2.45, 2.75) is 18.9 Å². The third kappa shape index (κ3) is 1.95. The van der Waals surface area contributed by atoms with E-state index in [1.54, 1.807) is 0 Å². The average molecular weight is 197 g/mol. The Labute approximate surface area is 83.1 Å². The number of nitrogens with one attached hydrogen (secondary N) is 1. The lowest BCUT2D eigenvalue weighted by molar-refractivity contribution is 0.642. The van der Waals surface area contributed by atoms with Crippen molar-refractivity contribution in [2.75, 3.05) is 11.9 Å². The Bertz CT molecular complexity index is 312. The Morgan fingerprint density at radius 3 is 3.15 bits per heavy atom. The lowest BCUT2D eigenvalue weighted by Crippen LogP contribution is -2.22. The minimum atomic E-state index is 0.273. The van der Waals surface area contributed by atoms with Crippen molar-refractivity contribution < 1.29 is 0 Å². The van der Waals surface area contributed by atoms with Gasteiger partial charge in [0.15, 0.2) is 0 Å². The molecule has 0 aromatic heterocycles. The first kappa shape index (κ1) is 8.85. The highest BCUT2D eigenvalue weighted by molar-refractivity contribution is 6.30. The largest absolute Gasteiger partial charge is 0.385 e. The molecule has 3 N–H and O–H groups in total. The van der Waals surface area contributed by atoms with Crippen molar-refractivity contribution in [3.05, 3.63) is 28.8 Å². The van der Waals surface area contributed by atoms with Crippen molar-refractivity contribution in [2.24, 2.45) is 5.73 Å². The predicted octanol–water partition coefficient (Wildman–Crippen LogP) is 2.03. The van der Waals surface area contributed by atoms with Crippen LogP contribution in [0.25, 0.3) is 0 Å². The van der Waals surface area contributed by atoms with Crippen LogP contribution in [0.5, 0.6) is 0 Å². The second-order valence-electron chi connectivity index (χ2n) is 3.48. The van der Waals surface area contributed by atoms with Gasteiger partial charge < -0.3 is 11.1 Å². The highest BCUT2D eigenvalue weighted by atomic mass is 35.5. The quantitative estimate of drug-likeness (QED) is 0.667. The molecular formula is C10H13ClN2. The van der Waals surface area contributed by atoms with Crippen LogP contribution < -0.4 is 11.1 Å². The Balaban J connectivity index is 2.34. The van der Waals surface area contributed by atoms with Crippen molar-refractivity contribution in [3.8, 4) is 0 Å². The van der Waals surface area contributed by atoms with Crippen LogP contribution in [0, 0.1) is 0 Å². The summed E-state index contributed by atoms with van der Waals surface area (Å²) in [5.41, 5.74) is 8.33. The van der Waals surface area contributed by atoms with Crippen LogP contribution in [-0.4, -0.2) is 12.6 Å². The summed E-state index contributed by atoms with van der Waals surface area (Å²) in [6.07, 6.45) is 1.96. The van der Waals surface area contributed by atoms with Gasteiger partial charge in [0, 0.05) is 23.3 Å². The maximum absolute atomic E-state index is 5.91. The minimum Gasteiger partial charge on any atom is -0.385 e. The third-order valence-electron chi connectivity index (χ3n) is 2.38. The van der Waals surface area contributed by atoms with Gasteiger partial charge >= 0.3 is 0 Å². The smallest absolute Gasteiger partial charge is 0.0426 e. The number of fused-ring (bicyclic) bond motifs is 1. The standard InChI is InChI=1S/C10H13ClN2/c11-8-2-1-7-5-9(12)3-4-13-10(7)6-8/h1-2,6,9,13H,3-5,12H2. The predicted molar refractivity (Wildman–Crippen MR) is 56.2 cm³/mol. The molecule has 70 valence electrons. The third-order valence-corrected chi connectivity index (χ3v) is 2.62. The summed E-state index contributed by atoms with van der Waals surface area (Å²) < 4.78 is 0. The lowest BCUT2D eigenvalue weighted by Gasteiger charge is -2.07. The maximum atomic E-state index is 5.91. The van der Waals surface area contributed by atoms with E-state index >= 15 is 0 Å². The zero-order chi connectivity index (χ0) is 9.26. The highest BCUT2D eigenvalue weighted by Gasteiger charge is 2.12. The van der Waals surface area contributed by atoms with Crippen LogP contribution in [0.2, 0.25) is 5.02 Å². The molecule has 1 aliphatic heterocycles. The molecule has 0 bridgehead atoms. The van der Waals surface area contributed by atoms with E-state index in [1.165, 1.54) is 5.56 Å². The average Bonchev–Trinajstić information content (AvgIpc) is 2.25. The molecule has 0 fully saturated rings. The molecule has 1 aromatic carbocycles. The molecule has 0 saturated heterocycles. The Morgan fingerprint density at radius 2 is 2.31 bits per heavy atom. The first-order chi connectivity index (χ1) is 6.25. The fourth-order valence-electron chi connectivity index (χ4n) is 1.67. The van der Waals surface area contributed by atoms with Gasteiger partial charge in [-0.2, -0.15) is 0 Å². The second kappa shape index (κ2) is 3.56. The van der Waals surface area contributed by atoms with Crippen LogP contribution in [0.15, 0.2) is 18.2 Å². The van der Waals surface area contributed by atoms with Gasteiger partial charge in [0.25, 0.3) is 0 Å². The van der Waals surface area contributed by atoms with Gasteiger partial charge in [-0.25, -0.2) is 0 Å². The Hall–Kier alpha value is -0.730. The van der Waals surface area contributed by atoms with E-state index in [1.807, 2.05) is 12.1 Å². The summed E-state index contributed by atoms with van der Waals surface area (Å²) in [4.78, 5) is 0. The molecule has 0 aliphatic carbocycles. The molecule has 2 nitrogen and oxygen atoms in total. The summed E-state index contributed by atoms with van der Waals surface area (Å²) in [6.45, 7) is 0.939. The number of benzene rings is 1. The van der Waals surface area contributed by atoms with Crippen molar-refractivity contribution >= 4 is 17.3 Å². The summed E-state index contributed by atoms with van der Waals surface area (Å²) in [5, 5.41) is 4.11. The first-order valence-corrected chi connectivity index (χ1v) is 4.91. The molecule has 13 heavy (non-hydrogen) atoms. The van der Waals surface area contributed by atoms with E-state index in [9.17, 15) is 0 Å². The van der Waals surface area contributed by atoms with Crippen LogP contribution in [-0.2, 0) is 6.42 Å². The van der Waals surface area contributed by atoms with Crippen LogP contribution >= 0.6 is 11.6 Å². The normalized spacial score (nSPS) is 21.5. The number of rotatable bonds is 0. The van der Waals surface area contributed by atoms with Gasteiger partial charge in [0.2, 0.25) is 0 Å². The molecule has 0 radical (unpaired) electrons. The minimum absolute atomic E-state index is 0.273. The topological polar surface area (TPSA) is 38.0 Å². The maximum Gasteiger partial charge on any atom is 0.0426 e. The molecule has 1 heterocycles. The molecule has 3 heteroatoms. The SMILES string of the molecule is NC1CCNc2cc(Cl)ccc2C1. The van der Waals surface area contributed by atoms with Gasteiger partial charge in [-0.3, -0.25) is 0 Å². The number of halogens is 1. The second-order valence-corrected chi connectivity index (χ2v) is 3.92. The molecule has 2 rings (SSSR count). The molecular weight excluding hydrogens is 184 g/mol. The summed E-state index contributed by atoms with van der Waals surface area (Å²) in [6, 6.07) is 6.21. The Morgan fingerprint density at radius 1 is 1.46 bits per heavy atom. The number of hydrogen-bond donors (Lipinski definition) is 2. The molecule has 0 amide bonds. The molecule has 1 aromatic rings. The molecule has 1 unspecified atom stereocenters. The van der Waals surface area contributed by atoms with E-state index in [4.69, 9.17) is 17.3 Å². The summed E-state index contributed by atoms with van der Waals surface area (Å²) in [7, 11) is 0. The molecule has 0 spiro atoms. The van der Waals surface area contributed by atoms with Gasteiger partial charge in [-0.05, 0) is 30.5 Å². The van der Waals surface area contributed by atoms with E-state index in [-0.39, 0.29) is 6.04 Å². The van der Waals surface area contributed by atoms with E-state index in [2.05, 4.69) is 11.4 Å². The van der Waals surface area contributed by atoms with Crippen molar-refractivity contribution in [3.63, 3.8) is 0 Å². The van der Waals surface area contributed by atoms with Crippen molar-refractivity contribution in [1.82, 2.24) is 0 Å². The zero-order valence-electron chi connectivity index (χ0n) is 7.39. The van der Waals surface area contributed by atoms with Crippen LogP contribution in [0.4, 0.5) is 5.69 Å². The fourth-order valence-corrected chi connectivity index (χ4v) is 1.84. The fraction of sp³-hybridized carbons (Fsp3) is 0.400. The number of hydrogen-bond acceptors (Lipinski definition) is 2. The van der Waals surface area contributed by atoms with Gasteiger partial charge in [0.05, 0.1) is 0 Å². The van der Waals surface area contributed by atoms with E-state index < -0.39 is 0 Å². The van der Waals surface area contributed by atoms with E-state index in [0.717, 1.165) is 30.1 Å². The molecule has 0 saturated carbocycles. The first-order valence-electron chi connectivity index (χ1n) is 4.53. The highest BCUT2D eigenvalue weighted by Crippen LogP contribution is 2.24. The van der Waals surface area contributed by atoms with Crippen LogP contribution in [0.3, 0.4) is 0 Å². The number of anilines is 1. The van der Waals surface area contributed by atoms with Crippen LogP contribution in [0.1, 0.15) is 12.0 Å². The van der Waals surface area contributed by atoms with Gasteiger partial charge in [-0.15, -0.1) is 0 Å². The Kier molecular flexibility index (Phi) is 2.42. The lowest BCUT2D eigenvalue weighted by atomic mass is 10.0. The summed E-state index contributed by atoms with van der Waals surface area (Å²) >= 11 is 5.90.